The van der Waals surface area contributed by atoms with E-state index >= 15 is 0 Å². The van der Waals surface area contributed by atoms with Crippen molar-refractivity contribution in [2.75, 3.05) is 20.6 Å². The number of allylic oxidation sites excluding steroid dienone is 6. The number of ether oxygens (including phenoxy) is 2. The van der Waals surface area contributed by atoms with Gasteiger partial charge < -0.3 is 20.1 Å². The number of hydrogen-bond acceptors (Lipinski definition) is 8. The van der Waals surface area contributed by atoms with Gasteiger partial charge in [0.25, 0.3) is 0 Å². The van der Waals surface area contributed by atoms with E-state index in [4.69, 9.17) is 20.2 Å². The van der Waals surface area contributed by atoms with Gasteiger partial charge in [-0.1, -0.05) is 54.0 Å². The molecule has 0 radical (unpaired) electrons. The van der Waals surface area contributed by atoms with Crippen LogP contribution in [-0.2, 0) is 25.5 Å². The fourth-order valence-electron chi connectivity index (χ4n) is 4.15. The molecule has 0 amide bonds. The van der Waals surface area contributed by atoms with Gasteiger partial charge >= 0.3 is 11.9 Å². The number of likely N-dealkylation sites (N-methyl/N-ethyl adjacent to an activating group) is 1. The van der Waals surface area contributed by atoms with Gasteiger partial charge in [-0.05, 0) is 54.3 Å². The summed E-state index contributed by atoms with van der Waals surface area (Å²) >= 11 is 1.54. The minimum Gasteiger partial charge on any atom is -0.462 e. The van der Waals surface area contributed by atoms with Gasteiger partial charge in [0.15, 0.2) is 0 Å². The molecule has 8 heteroatoms. The molecule has 2 bridgehead atoms. The summed E-state index contributed by atoms with van der Waals surface area (Å²) in [6.07, 6.45) is 14.2. The van der Waals surface area contributed by atoms with E-state index in [9.17, 15) is 9.59 Å². The van der Waals surface area contributed by atoms with Crippen molar-refractivity contribution >= 4 is 23.3 Å². The Balaban J connectivity index is 2.30. The molecule has 4 atom stereocenters. The van der Waals surface area contributed by atoms with Gasteiger partial charge in [0.05, 0.1) is 17.1 Å². The number of aromatic nitrogens is 1. The first-order chi connectivity index (χ1) is 18.4. The first-order valence-electron chi connectivity index (χ1n) is 13.5. The monoisotopic (exact) mass is 555 g/mol. The number of rotatable bonds is 5. The number of hydrogen-bond donors (Lipinski definition) is 1. The molecular formula is C31H45N3O4S. The zero-order valence-electron chi connectivity index (χ0n) is 24.5. The maximum Gasteiger partial charge on any atom is 0.331 e. The fourth-order valence-corrected chi connectivity index (χ4v) is 5.11. The number of nitrogens with zero attached hydrogens (tertiary/aromatic N) is 2. The van der Waals surface area contributed by atoms with Crippen LogP contribution >= 0.6 is 11.3 Å². The molecule has 7 nitrogen and oxygen atoms in total. The quantitative estimate of drug-likeness (QED) is 0.370. The Kier molecular flexibility index (Phi) is 13.6. The third-order valence-corrected chi connectivity index (χ3v) is 7.08. The average molecular weight is 556 g/mol. The molecule has 2 N–H and O–H groups in total. The molecule has 1 aromatic rings. The zero-order chi connectivity index (χ0) is 28.9. The second-order valence-corrected chi connectivity index (χ2v) is 11.7. The summed E-state index contributed by atoms with van der Waals surface area (Å²) in [7, 11) is 4.07. The van der Waals surface area contributed by atoms with Crippen molar-refractivity contribution in [1.82, 2.24) is 9.88 Å². The molecule has 0 aliphatic carbocycles. The van der Waals surface area contributed by atoms with Gasteiger partial charge in [-0.3, -0.25) is 4.79 Å². The van der Waals surface area contributed by atoms with Gasteiger partial charge in [0, 0.05) is 42.8 Å². The van der Waals surface area contributed by atoms with Crippen LogP contribution in [0.4, 0.5) is 0 Å². The molecule has 0 unspecified atom stereocenters. The third kappa shape index (κ3) is 13.2. The number of carbonyl (C=O) groups excluding carboxylic acids is 2. The fraction of sp³-hybridized carbons (Fsp3) is 0.516. The molecule has 1 aliphatic rings. The Morgan fingerprint density at radius 2 is 1.85 bits per heavy atom. The van der Waals surface area contributed by atoms with Crippen molar-refractivity contribution in [3.63, 3.8) is 0 Å². The summed E-state index contributed by atoms with van der Waals surface area (Å²) < 4.78 is 11.4. The van der Waals surface area contributed by atoms with Crippen LogP contribution in [0.25, 0.3) is 0 Å². The molecule has 0 aromatic carbocycles. The molecule has 0 saturated heterocycles. The summed E-state index contributed by atoms with van der Waals surface area (Å²) in [6, 6.07) is -0.312. The Morgan fingerprint density at radius 1 is 1.13 bits per heavy atom. The number of thiazole rings is 1. The lowest BCUT2D eigenvalue weighted by atomic mass is 9.98. The lowest BCUT2D eigenvalue weighted by Gasteiger charge is -2.18. The molecule has 214 valence electrons. The van der Waals surface area contributed by atoms with Gasteiger partial charge in [0.1, 0.15) is 12.2 Å². The van der Waals surface area contributed by atoms with Crippen LogP contribution < -0.4 is 5.73 Å². The number of nitrogens with two attached hydrogens (primary N) is 1. The molecule has 39 heavy (non-hydrogen) atoms. The van der Waals surface area contributed by atoms with Crippen molar-refractivity contribution < 1.29 is 19.1 Å². The smallest absolute Gasteiger partial charge is 0.331 e. The van der Waals surface area contributed by atoms with Gasteiger partial charge in [-0.15, -0.1) is 11.3 Å². The van der Waals surface area contributed by atoms with E-state index in [1.807, 2.05) is 58.5 Å². The Morgan fingerprint density at radius 3 is 2.56 bits per heavy atom. The average Bonchev–Trinajstić information content (AvgIpc) is 3.29. The predicted molar refractivity (Wildman–Crippen MR) is 160 cm³/mol. The number of carbonyl (C=O) groups is 2. The van der Waals surface area contributed by atoms with E-state index < -0.39 is 12.1 Å². The zero-order valence-corrected chi connectivity index (χ0v) is 25.3. The summed E-state index contributed by atoms with van der Waals surface area (Å²) in [4.78, 5) is 32.0. The highest BCUT2D eigenvalue weighted by Crippen LogP contribution is 2.25. The Bertz CT molecular complexity index is 1110. The molecule has 2 rings (SSSR count). The van der Waals surface area contributed by atoms with Crippen LogP contribution in [0.5, 0.6) is 0 Å². The maximum atomic E-state index is 12.7. The summed E-state index contributed by atoms with van der Waals surface area (Å²) in [5.74, 6) is -0.635. The van der Waals surface area contributed by atoms with Crippen LogP contribution in [0.2, 0.25) is 0 Å². The van der Waals surface area contributed by atoms with Crippen molar-refractivity contribution in [2.45, 2.75) is 84.5 Å². The van der Waals surface area contributed by atoms with Crippen molar-refractivity contribution in [3.05, 3.63) is 75.3 Å². The Hall–Kier alpha value is -2.81. The molecule has 0 spiro atoms. The normalized spacial score (nSPS) is 27.3. The summed E-state index contributed by atoms with van der Waals surface area (Å²) in [5, 5.41) is 2.90. The first-order valence-corrected chi connectivity index (χ1v) is 14.4. The van der Waals surface area contributed by atoms with Crippen LogP contribution in [0.15, 0.2) is 64.6 Å². The highest BCUT2D eigenvalue weighted by molar-refractivity contribution is 7.09. The Labute approximate surface area is 238 Å². The van der Waals surface area contributed by atoms with Crippen LogP contribution in [0, 0.1) is 0 Å². The number of fused-ring (bicyclic) bond motifs is 2. The largest absolute Gasteiger partial charge is 0.462 e. The second kappa shape index (κ2) is 16.3. The molecular weight excluding hydrogens is 510 g/mol. The van der Waals surface area contributed by atoms with E-state index in [0.29, 0.717) is 19.3 Å². The molecule has 1 aromatic heterocycles. The third-order valence-electron chi connectivity index (χ3n) is 6.19. The lowest BCUT2D eigenvalue weighted by Crippen LogP contribution is -2.28. The first kappa shape index (κ1) is 32.4. The predicted octanol–water partition coefficient (Wildman–Crippen LogP) is 5.66. The highest BCUT2D eigenvalue weighted by atomic mass is 32.1. The number of esters is 2. The number of cyclic esters (lactones) is 2. The van der Waals surface area contributed by atoms with Crippen molar-refractivity contribution in [1.29, 1.82) is 0 Å². The molecule has 0 saturated carbocycles. The van der Waals surface area contributed by atoms with Crippen LogP contribution in [0.1, 0.15) is 70.5 Å². The second-order valence-electron chi connectivity index (χ2n) is 10.8. The van der Waals surface area contributed by atoms with E-state index in [1.165, 1.54) is 6.08 Å². The van der Waals surface area contributed by atoms with Gasteiger partial charge in [0.2, 0.25) is 0 Å². The van der Waals surface area contributed by atoms with E-state index in [0.717, 1.165) is 34.0 Å². The maximum absolute atomic E-state index is 12.7. The SMILES string of the molecule is CC(/C=C/C(C)=C/[C@@H]1Cc2nc(cs2)[C@@H](C)C[C@@H](N)CC(=O)O[C@@H](C)C/C(C)=C/C=C/C(=O)O1)=C\CN(C)C. The summed E-state index contributed by atoms with van der Waals surface area (Å²) in [6.45, 7) is 10.8. The van der Waals surface area contributed by atoms with Gasteiger partial charge in [-0.2, -0.15) is 0 Å². The topological polar surface area (TPSA) is 94.8 Å². The van der Waals surface area contributed by atoms with Crippen LogP contribution in [-0.4, -0.2) is 60.7 Å². The molecule has 0 fully saturated rings. The summed E-state index contributed by atoms with van der Waals surface area (Å²) in [5.41, 5.74) is 10.4. The van der Waals surface area contributed by atoms with Gasteiger partial charge in [-0.25, -0.2) is 9.78 Å². The van der Waals surface area contributed by atoms with Crippen molar-refractivity contribution in [3.8, 4) is 0 Å². The van der Waals surface area contributed by atoms with E-state index in [1.54, 1.807) is 17.4 Å². The van der Waals surface area contributed by atoms with Crippen LogP contribution in [0.3, 0.4) is 0 Å². The van der Waals surface area contributed by atoms with Crippen molar-refractivity contribution in [2.24, 2.45) is 5.73 Å². The molecule has 1 aliphatic heterocycles. The lowest BCUT2D eigenvalue weighted by molar-refractivity contribution is -0.148. The molecule has 2 heterocycles. The highest BCUT2D eigenvalue weighted by Gasteiger charge is 2.20. The standard InChI is InChI=1S/C31H45N3O4S/c1-21(13-14-34(6)7)11-12-23(3)16-27-19-29-33-28(20-39-29)24(4)17-26(32)18-31(36)37-25(5)15-22(2)9-8-10-30(35)38-27/h8-13,16,20,24-27H,14-15,17-19,32H2,1-7H3/b10-8+,12-11+,21-13+,22-9+,23-16+/t24-,25-,26+,27+/m0/s1. The minimum atomic E-state index is -0.465. The van der Waals surface area contributed by atoms with E-state index in [2.05, 4.69) is 30.9 Å². The minimum absolute atomic E-state index is 0.0866. The van der Waals surface area contributed by atoms with E-state index in [-0.39, 0.29) is 30.5 Å².